The predicted molar refractivity (Wildman–Crippen MR) is 72.6 cm³/mol. The average Bonchev–Trinajstić information content (AvgIpc) is 2.14. The van der Waals surface area contributed by atoms with Gasteiger partial charge in [0.25, 0.3) is 0 Å². The first-order chi connectivity index (χ1) is 8.01. The molecule has 0 spiro atoms. The van der Waals surface area contributed by atoms with Crippen LogP contribution in [0.5, 0.6) is 0 Å². The van der Waals surface area contributed by atoms with Gasteiger partial charge in [0.2, 0.25) is 0 Å². The molecule has 1 aromatic carbocycles. The van der Waals surface area contributed by atoms with Crippen LogP contribution in [-0.2, 0) is 16.6 Å². The molecule has 0 fully saturated rings. The second-order valence-corrected chi connectivity index (χ2v) is 5.96. The van der Waals surface area contributed by atoms with Crippen molar-refractivity contribution in [1.82, 2.24) is 5.32 Å². The molecule has 0 aliphatic heterocycles. The Morgan fingerprint density at radius 1 is 1.29 bits per heavy atom. The minimum atomic E-state index is -1.01. The minimum Gasteiger partial charge on any atom is -0.391 e. The Balaban J connectivity index is 2.56. The summed E-state index contributed by atoms with van der Waals surface area (Å²) in [5.41, 5.74) is 3.46. The molecule has 0 amide bonds. The fourth-order valence-corrected chi connectivity index (χ4v) is 3.11. The molecule has 2 N–H and O–H groups in total. The van der Waals surface area contributed by atoms with Crippen molar-refractivity contribution < 1.29 is 9.32 Å². The third-order valence-electron chi connectivity index (χ3n) is 2.43. The molecule has 2 unspecified atom stereocenters. The lowest BCUT2D eigenvalue weighted by Gasteiger charge is -2.10. The van der Waals surface area contributed by atoms with Crippen molar-refractivity contribution in [3.05, 3.63) is 34.9 Å². The monoisotopic (exact) mass is 255 g/mol. The summed E-state index contributed by atoms with van der Waals surface area (Å²) < 4.78 is 11.8. The summed E-state index contributed by atoms with van der Waals surface area (Å²) in [6.45, 7) is 4.56. The van der Waals surface area contributed by atoms with Crippen molar-refractivity contribution in [2.75, 3.05) is 19.3 Å². The van der Waals surface area contributed by atoms with E-state index in [4.69, 9.17) is 0 Å². The van der Waals surface area contributed by atoms with Crippen molar-refractivity contribution in [3.8, 4) is 0 Å². The number of aryl methyl sites for hydroxylation is 2. The van der Waals surface area contributed by atoms with E-state index in [2.05, 4.69) is 23.5 Å². The van der Waals surface area contributed by atoms with Crippen LogP contribution in [0.25, 0.3) is 0 Å². The maximum Gasteiger partial charge on any atom is 0.0779 e. The molecule has 3 nitrogen and oxygen atoms in total. The van der Waals surface area contributed by atoms with E-state index >= 15 is 0 Å². The highest BCUT2D eigenvalue weighted by Crippen LogP contribution is 2.11. The van der Waals surface area contributed by atoms with Crippen LogP contribution in [0.1, 0.15) is 16.7 Å². The first-order valence-electron chi connectivity index (χ1n) is 5.76. The highest BCUT2D eigenvalue weighted by atomic mass is 32.2. The molecule has 17 heavy (non-hydrogen) atoms. The molecule has 0 aliphatic carbocycles. The molecule has 1 rings (SSSR count). The third kappa shape index (κ3) is 5.44. The SMILES string of the molecule is CNCC(O)CS(=O)Cc1cc(C)cc(C)c1. The summed E-state index contributed by atoms with van der Waals surface area (Å²) in [5, 5.41) is 12.4. The topological polar surface area (TPSA) is 49.3 Å². The number of benzene rings is 1. The summed E-state index contributed by atoms with van der Waals surface area (Å²) >= 11 is 0. The van der Waals surface area contributed by atoms with Crippen LogP contribution >= 0.6 is 0 Å². The molecule has 0 saturated carbocycles. The number of aliphatic hydroxyl groups is 1. The van der Waals surface area contributed by atoms with Gasteiger partial charge in [-0.3, -0.25) is 4.21 Å². The molecule has 4 heteroatoms. The second-order valence-electron chi connectivity index (χ2n) is 4.46. The van der Waals surface area contributed by atoms with E-state index in [9.17, 15) is 9.32 Å². The largest absolute Gasteiger partial charge is 0.391 e. The van der Waals surface area contributed by atoms with Crippen LogP contribution < -0.4 is 5.32 Å². The number of aliphatic hydroxyl groups excluding tert-OH is 1. The zero-order chi connectivity index (χ0) is 12.8. The molecular weight excluding hydrogens is 234 g/mol. The standard InChI is InChI=1S/C13H21NO2S/c1-10-4-11(2)6-12(5-10)8-17(16)9-13(15)7-14-3/h4-6,13-15H,7-9H2,1-3H3. The van der Waals surface area contributed by atoms with Gasteiger partial charge in [0.15, 0.2) is 0 Å². The van der Waals surface area contributed by atoms with Gasteiger partial charge in [-0.15, -0.1) is 0 Å². The Hall–Kier alpha value is -0.710. The van der Waals surface area contributed by atoms with E-state index in [0.717, 1.165) is 5.56 Å². The molecule has 0 heterocycles. The fraction of sp³-hybridized carbons (Fsp3) is 0.538. The molecule has 1 aromatic rings. The molecule has 0 bridgehead atoms. The minimum absolute atomic E-state index is 0.327. The van der Waals surface area contributed by atoms with Crippen molar-refractivity contribution in [3.63, 3.8) is 0 Å². The average molecular weight is 255 g/mol. The normalized spacial score (nSPS) is 14.6. The van der Waals surface area contributed by atoms with Gasteiger partial charge in [0, 0.05) is 23.1 Å². The number of rotatable bonds is 6. The molecule has 0 aromatic heterocycles. The van der Waals surface area contributed by atoms with E-state index in [1.807, 2.05) is 13.8 Å². The van der Waals surface area contributed by atoms with Crippen LogP contribution in [0.4, 0.5) is 0 Å². The Labute approximate surface area is 106 Å². The Bertz CT molecular complexity index is 373. The van der Waals surface area contributed by atoms with E-state index in [0.29, 0.717) is 18.1 Å². The lowest BCUT2D eigenvalue weighted by molar-refractivity contribution is 0.198. The predicted octanol–water partition coefficient (Wildman–Crippen LogP) is 1.13. The van der Waals surface area contributed by atoms with E-state index in [1.165, 1.54) is 11.1 Å². The zero-order valence-electron chi connectivity index (χ0n) is 10.7. The molecule has 96 valence electrons. The summed E-state index contributed by atoms with van der Waals surface area (Å²) in [6, 6.07) is 6.20. The first-order valence-corrected chi connectivity index (χ1v) is 7.25. The lowest BCUT2D eigenvalue weighted by atomic mass is 10.1. The van der Waals surface area contributed by atoms with Gasteiger partial charge in [-0.1, -0.05) is 29.3 Å². The second kappa shape index (κ2) is 6.89. The van der Waals surface area contributed by atoms with Crippen molar-refractivity contribution >= 4 is 10.8 Å². The van der Waals surface area contributed by atoms with E-state index in [1.54, 1.807) is 7.05 Å². The Kier molecular flexibility index (Phi) is 5.82. The molecule has 0 radical (unpaired) electrons. The Morgan fingerprint density at radius 2 is 1.88 bits per heavy atom. The van der Waals surface area contributed by atoms with Crippen LogP contribution in [0.3, 0.4) is 0 Å². The molecule has 0 aliphatic rings. The number of likely N-dealkylation sites (N-methyl/N-ethyl adjacent to an activating group) is 1. The van der Waals surface area contributed by atoms with Crippen LogP contribution in [0.2, 0.25) is 0 Å². The van der Waals surface area contributed by atoms with Gasteiger partial charge in [-0.05, 0) is 26.5 Å². The quantitative estimate of drug-likeness (QED) is 0.801. The van der Waals surface area contributed by atoms with Gasteiger partial charge in [-0.2, -0.15) is 0 Å². The number of hydrogen-bond donors (Lipinski definition) is 2. The highest BCUT2D eigenvalue weighted by Gasteiger charge is 2.09. The first kappa shape index (κ1) is 14.4. The van der Waals surface area contributed by atoms with Crippen molar-refractivity contribution in [1.29, 1.82) is 0 Å². The van der Waals surface area contributed by atoms with Crippen LogP contribution in [-0.4, -0.2) is 34.8 Å². The maximum atomic E-state index is 11.8. The van der Waals surface area contributed by atoms with Gasteiger partial charge >= 0.3 is 0 Å². The number of nitrogens with one attached hydrogen (secondary N) is 1. The highest BCUT2D eigenvalue weighted by molar-refractivity contribution is 7.84. The smallest absolute Gasteiger partial charge is 0.0779 e. The summed E-state index contributed by atoms with van der Waals surface area (Å²) in [7, 11) is 0.765. The van der Waals surface area contributed by atoms with Gasteiger partial charge in [0.05, 0.1) is 11.9 Å². The summed E-state index contributed by atoms with van der Waals surface area (Å²) in [5.74, 6) is 0.844. The summed E-state index contributed by atoms with van der Waals surface area (Å²) in [4.78, 5) is 0. The molecule has 0 saturated heterocycles. The lowest BCUT2D eigenvalue weighted by Crippen LogP contribution is -2.28. The number of hydrogen-bond acceptors (Lipinski definition) is 3. The third-order valence-corrected chi connectivity index (χ3v) is 3.84. The molecule has 2 atom stereocenters. The van der Waals surface area contributed by atoms with Gasteiger partial charge < -0.3 is 10.4 Å². The van der Waals surface area contributed by atoms with E-state index in [-0.39, 0.29) is 0 Å². The van der Waals surface area contributed by atoms with Crippen LogP contribution in [0, 0.1) is 13.8 Å². The van der Waals surface area contributed by atoms with Gasteiger partial charge in [0.1, 0.15) is 0 Å². The van der Waals surface area contributed by atoms with Crippen molar-refractivity contribution in [2.24, 2.45) is 0 Å². The molecular formula is C13H21NO2S. The summed E-state index contributed by atoms with van der Waals surface area (Å²) in [6.07, 6.45) is -0.535. The zero-order valence-corrected chi connectivity index (χ0v) is 11.5. The fourth-order valence-electron chi connectivity index (χ4n) is 1.91. The van der Waals surface area contributed by atoms with Crippen molar-refractivity contribution in [2.45, 2.75) is 25.7 Å². The maximum absolute atomic E-state index is 11.8. The van der Waals surface area contributed by atoms with E-state index < -0.39 is 16.9 Å². The van der Waals surface area contributed by atoms with Gasteiger partial charge in [-0.25, -0.2) is 0 Å². The Morgan fingerprint density at radius 3 is 2.41 bits per heavy atom. The van der Waals surface area contributed by atoms with Crippen LogP contribution in [0.15, 0.2) is 18.2 Å².